The Labute approximate surface area is 153 Å². The number of methoxy groups -OCH3 is 2. The molecule has 0 saturated heterocycles. The van der Waals surface area contributed by atoms with Crippen molar-refractivity contribution in [2.24, 2.45) is 0 Å². The summed E-state index contributed by atoms with van der Waals surface area (Å²) in [7, 11) is 3.21. The Morgan fingerprint density at radius 3 is 2.65 bits per heavy atom. The molecule has 3 rings (SSSR count). The molecule has 1 N–H and O–H groups in total. The van der Waals surface area contributed by atoms with Gasteiger partial charge in [-0.05, 0) is 36.2 Å². The second-order valence-electron chi connectivity index (χ2n) is 5.99. The van der Waals surface area contributed by atoms with Crippen molar-refractivity contribution in [1.82, 2.24) is 5.32 Å². The highest BCUT2D eigenvalue weighted by Gasteiger charge is 2.22. The molecule has 1 aliphatic heterocycles. The van der Waals surface area contributed by atoms with Gasteiger partial charge in [-0.2, -0.15) is 0 Å². The molecule has 2 aromatic rings. The van der Waals surface area contributed by atoms with Crippen molar-refractivity contribution in [3.05, 3.63) is 48.0 Å². The molecule has 0 aliphatic carbocycles. The van der Waals surface area contributed by atoms with Crippen molar-refractivity contribution in [2.45, 2.75) is 18.9 Å². The molecule has 2 aromatic carbocycles. The molecule has 0 bridgehead atoms. The van der Waals surface area contributed by atoms with Gasteiger partial charge in [0.2, 0.25) is 5.91 Å². The minimum atomic E-state index is -0.272. The van der Waals surface area contributed by atoms with Gasteiger partial charge in [0, 0.05) is 6.54 Å². The zero-order valence-electron chi connectivity index (χ0n) is 15.0. The van der Waals surface area contributed by atoms with E-state index in [0.717, 1.165) is 11.3 Å². The Balaban J connectivity index is 1.45. The Morgan fingerprint density at radius 1 is 1.12 bits per heavy atom. The molecule has 1 atom stereocenters. The van der Waals surface area contributed by atoms with Gasteiger partial charge in [0.25, 0.3) is 0 Å². The smallest absolute Gasteiger partial charge is 0.223 e. The van der Waals surface area contributed by atoms with Crippen LogP contribution in [-0.2, 0) is 11.2 Å². The van der Waals surface area contributed by atoms with E-state index in [1.54, 1.807) is 14.2 Å². The highest BCUT2D eigenvalue weighted by molar-refractivity contribution is 5.76. The van der Waals surface area contributed by atoms with Gasteiger partial charge in [-0.1, -0.05) is 18.2 Å². The molecular weight excluding hydrogens is 334 g/mol. The van der Waals surface area contributed by atoms with Crippen LogP contribution in [0.4, 0.5) is 0 Å². The lowest BCUT2D eigenvalue weighted by Gasteiger charge is -2.26. The third kappa shape index (κ3) is 4.39. The molecule has 6 nitrogen and oxygen atoms in total. The molecule has 1 aliphatic rings. The number of hydrogen-bond donors (Lipinski definition) is 1. The number of nitrogens with one attached hydrogen (secondary N) is 1. The fourth-order valence-electron chi connectivity index (χ4n) is 2.83. The van der Waals surface area contributed by atoms with Crippen molar-refractivity contribution in [3.8, 4) is 23.0 Å². The van der Waals surface area contributed by atoms with Crippen LogP contribution in [0.2, 0.25) is 0 Å². The maximum absolute atomic E-state index is 12.1. The lowest BCUT2D eigenvalue weighted by molar-refractivity contribution is -0.123. The third-order valence-corrected chi connectivity index (χ3v) is 4.16. The number of ether oxygens (including phenoxy) is 4. The summed E-state index contributed by atoms with van der Waals surface area (Å²) >= 11 is 0. The van der Waals surface area contributed by atoms with Crippen LogP contribution in [0.3, 0.4) is 0 Å². The summed E-state index contributed by atoms with van der Waals surface area (Å²) in [6.07, 6.45) is 0.697. The maximum Gasteiger partial charge on any atom is 0.223 e. The minimum absolute atomic E-state index is 0.0570. The van der Waals surface area contributed by atoms with Crippen LogP contribution < -0.4 is 24.3 Å². The van der Waals surface area contributed by atoms with Crippen molar-refractivity contribution >= 4 is 5.91 Å². The molecule has 6 heteroatoms. The SMILES string of the molecule is COc1ccc(CCNC(=O)C[C@@H]2COc3ccccc3O2)cc1OC. The summed E-state index contributed by atoms with van der Waals surface area (Å²) in [5, 5.41) is 2.92. The van der Waals surface area contributed by atoms with Crippen LogP contribution in [0.15, 0.2) is 42.5 Å². The number of fused-ring (bicyclic) bond motifs is 1. The monoisotopic (exact) mass is 357 g/mol. The quantitative estimate of drug-likeness (QED) is 0.825. The van der Waals surface area contributed by atoms with Gasteiger partial charge < -0.3 is 24.3 Å². The summed E-state index contributed by atoms with van der Waals surface area (Å²) in [5.74, 6) is 2.72. The fourth-order valence-corrected chi connectivity index (χ4v) is 2.83. The molecule has 0 fully saturated rings. The first kappa shape index (κ1) is 17.9. The van der Waals surface area contributed by atoms with Gasteiger partial charge in [0.1, 0.15) is 12.7 Å². The van der Waals surface area contributed by atoms with Crippen molar-refractivity contribution in [3.63, 3.8) is 0 Å². The van der Waals surface area contributed by atoms with Crippen LogP contribution in [0, 0.1) is 0 Å². The zero-order valence-corrected chi connectivity index (χ0v) is 15.0. The normalized spacial score (nSPS) is 15.2. The van der Waals surface area contributed by atoms with E-state index in [9.17, 15) is 4.79 Å². The molecule has 1 amide bonds. The van der Waals surface area contributed by atoms with Crippen molar-refractivity contribution < 1.29 is 23.7 Å². The van der Waals surface area contributed by atoms with E-state index >= 15 is 0 Å². The molecule has 0 saturated carbocycles. The molecule has 26 heavy (non-hydrogen) atoms. The number of hydrogen-bond acceptors (Lipinski definition) is 5. The Morgan fingerprint density at radius 2 is 1.88 bits per heavy atom. The van der Waals surface area contributed by atoms with Gasteiger partial charge in [-0.15, -0.1) is 0 Å². The third-order valence-electron chi connectivity index (χ3n) is 4.16. The fraction of sp³-hybridized carbons (Fsp3) is 0.350. The molecule has 1 heterocycles. The minimum Gasteiger partial charge on any atom is -0.493 e. The summed E-state index contributed by atoms with van der Waals surface area (Å²) in [4.78, 5) is 12.1. The Hall–Kier alpha value is -2.89. The van der Waals surface area contributed by atoms with Crippen molar-refractivity contribution in [1.29, 1.82) is 0 Å². The van der Waals surface area contributed by atoms with E-state index in [2.05, 4.69) is 5.32 Å². The van der Waals surface area contributed by atoms with E-state index in [1.165, 1.54) is 0 Å². The van der Waals surface area contributed by atoms with Gasteiger partial charge in [0.05, 0.1) is 20.6 Å². The molecule has 138 valence electrons. The number of benzene rings is 2. The second kappa shape index (κ2) is 8.47. The number of para-hydroxylation sites is 2. The topological polar surface area (TPSA) is 66.0 Å². The van der Waals surface area contributed by atoms with E-state index in [4.69, 9.17) is 18.9 Å². The number of rotatable bonds is 7. The summed E-state index contributed by atoms with van der Waals surface area (Å²) < 4.78 is 21.9. The summed E-state index contributed by atoms with van der Waals surface area (Å²) in [6, 6.07) is 13.2. The number of amides is 1. The molecule has 0 unspecified atom stereocenters. The van der Waals surface area contributed by atoms with Crippen LogP contribution in [0.5, 0.6) is 23.0 Å². The maximum atomic E-state index is 12.1. The van der Waals surface area contributed by atoms with Crippen LogP contribution in [0.1, 0.15) is 12.0 Å². The van der Waals surface area contributed by atoms with Crippen LogP contribution in [-0.4, -0.2) is 39.4 Å². The van der Waals surface area contributed by atoms with Crippen LogP contribution >= 0.6 is 0 Å². The van der Waals surface area contributed by atoms with E-state index < -0.39 is 0 Å². The zero-order chi connectivity index (χ0) is 18.4. The lowest BCUT2D eigenvalue weighted by Crippen LogP contribution is -2.36. The predicted molar refractivity (Wildman–Crippen MR) is 97.2 cm³/mol. The van der Waals surface area contributed by atoms with E-state index in [-0.39, 0.29) is 18.4 Å². The van der Waals surface area contributed by atoms with Gasteiger partial charge in [-0.3, -0.25) is 4.79 Å². The second-order valence-corrected chi connectivity index (χ2v) is 5.99. The van der Waals surface area contributed by atoms with Gasteiger partial charge in [0.15, 0.2) is 23.0 Å². The number of carbonyl (C=O) groups is 1. The molecule has 0 aromatic heterocycles. The largest absolute Gasteiger partial charge is 0.493 e. The van der Waals surface area contributed by atoms with E-state index in [0.29, 0.717) is 36.8 Å². The van der Waals surface area contributed by atoms with E-state index in [1.807, 2.05) is 42.5 Å². The standard InChI is InChI=1S/C20H23NO5/c1-23-16-8-7-14(11-19(16)24-2)9-10-21-20(22)12-15-13-25-17-5-3-4-6-18(17)26-15/h3-8,11,15H,9-10,12-13H2,1-2H3,(H,21,22)/t15-/m1/s1. The highest BCUT2D eigenvalue weighted by Crippen LogP contribution is 2.31. The lowest BCUT2D eigenvalue weighted by atomic mass is 10.1. The summed E-state index contributed by atoms with van der Waals surface area (Å²) in [6.45, 7) is 0.915. The van der Waals surface area contributed by atoms with Gasteiger partial charge in [-0.25, -0.2) is 0 Å². The molecule has 0 spiro atoms. The average molecular weight is 357 g/mol. The molecular formula is C20H23NO5. The Kier molecular flexibility index (Phi) is 5.84. The Bertz CT molecular complexity index is 762. The van der Waals surface area contributed by atoms with Crippen LogP contribution in [0.25, 0.3) is 0 Å². The van der Waals surface area contributed by atoms with Crippen molar-refractivity contribution in [2.75, 3.05) is 27.4 Å². The predicted octanol–water partition coefficient (Wildman–Crippen LogP) is 2.59. The number of carbonyl (C=O) groups excluding carboxylic acids is 1. The summed E-state index contributed by atoms with van der Waals surface area (Å²) in [5.41, 5.74) is 1.06. The average Bonchev–Trinajstić information content (AvgIpc) is 2.67. The first-order chi connectivity index (χ1) is 12.7. The first-order valence-corrected chi connectivity index (χ1v) is 8.55. The molecule has 0 radical (unpaired) electrons. The van der Waals surface area contributed by atoms with Gasteiger partial charge >= 0.3 is 0 Å². The first-order valence-electron chi connectivity index (χ1n) is 8.55. The highest BCUT2D eigenvalue weighted by atomic mass is 16.6.